The minimum absolute atomic E-state index is 0.108. The number of pyridine rings is 1. The number of hydrogen-bond donors (Lipinski definition) is 1. The van der Waals surface area contributed by atoms with Crippen LogP contribution in [0.4, 0.5) is 8.78 Å². The Hall–Kier alpha value is -1.33. The minimum atomic E-state index is -0.833. The lowest BCUT2D eigenvalue weighted by Crippen LogP contribution is -2.19. The molecule has 0 saturated carbocycles. The molecule has 1 aromatic carbocycles. The van der Waals surface area contributed by atoms with Crippen LogP contribution in [0.1, 0.15) is 17.3 Å². The van der Waals surface area contributed by atoms with Crippen LogP contribution in [-0.2, 0) is 6.42 Å². The van der Waals surface area contributed by atoms with Gasteiger partial charge in [-0.2, -0.15) is 0 Å². The first-order chi connectivity index (χ1) is 9.10. The van der Waals surface area contributed by atoms with Gasteiger partial charge in [-0.05, 0) is 52.8 Å². The van der Waals surface area contributed by atoms with Gasteiger partial charge in [0.25, 0.3) is 0 Å². The molecule has 0 bridgehead atoms. The molecule has 1 unspecified atom stereocenters. The number of nitrogens with zero attached hydrogens (tertiary/aromatic N) is 1. The summed E-state index contributed by atoms with van der Waals surface area (Å²) in [5.41, 5.74) is 1.58. The summed E-state index contributed by atoms with van der Waals surface area (Å²) in [5.74, 6) is -1.66. The van der Waals surface area contributed by atoms with Crippen LogP contribution in [0.5, 0.6) is 0 Å². The lowest BCUT2D eigenvalue weighted by atomic mass is 10.0. The largest absolute Gasteiger partial charge is 0.313 e. The van der Waals surface area contributed by atoms with Crippen molar-refractivity contribution in [1.82, 2.24) is 10.3 Å². The van der Waals surface area contributed by atoms with Gasteiger partial charge in [-0.25, -0.2) is 8.78 Å². The Kier molecular flexibility index (Phi) is 4.61. The molecule has 100 valence electrons. The molecule has 2 nitrogen and oxygen atoms in total. The molecular weight excluding hydrogens is 314 g/mol. The molecule has 0 aliphatic carbocycles. The van der Waals surface area contributed by atoms with Gasteiger partial charge in [-0.1, -0.05) is 6.07 Å². The van der Waals surface area contributed by atoms with Gasteiger partial charge in [0.2, 0.25) is 0 Å². The molecule has 1 atom stereocenters. The maximum Gasteiger partial charge on any atom is 0.159 e. The van der Waals surface area contributed by atoms with Gasteiger partial charge in [-0.3, -0.25) is 4.98 Å². The lowest BCUT2D eigenvalue weighted by Gasteiger charge is -2.16. The van der Waals surface area contributed by atoms with Crippen LogP contribution < -0.4 is 5.32 Å². The second-order valence-corrected chi connectivity index (χ2v) is 5.10. The number of halogens is 3. The summed E-state index contributed by atoms with van der Waals surface area (Å²) in [6.45, 7) is 0. The molecule has 0 amide bonds. The van der Waals surface area contributed by atoms with Crippen molar-refractivity contribution in [3.05, 3.63) is 63.9 Å². The first kappa shape index (κ1) is 14.1. The highest BCUT2D eigenvalue weighted by atomic mass is 79.9. The molecule has 1 heterocycles. The van der Waals surface area contributed by atoms with Crippen LogP contribution in [0.2, 0.25) is 0 Å². The lowest BCUT2D eigenvalue weighted by molar-refractivity contribution is 0.500. The van der Waals surface area contributed by atoms with E-state index in [1.54, 1.807) is 19.3 Å². The van der Waals surface area contributed by atoms with E-state index in [-0.39, 0.29) is 6.04 Å². The number of rotatable bonds is 4. The molecular formula is C14H13BrF2N2. The van der Waals surface area contributed by atoms with Crippen molar-refractivity contribution in [2.24, 2.45) is 0 Å². The SMILES string of the molecule is CNC(Cc1ccc(Br)cn1)c1ccc(F)c(F)c1. The van der Waals surface area contributed by atoms with Crippen LogP contribution >= 0.6 is 15.9 Å². The smallest absolute Gasteiger partial charge is 0.159 e. The normalized spacial score (nSPS) is 12.4. The third kappa shape index (κ3) is 3.58. The van der Waals surface area contributed by atoms with E-state index < -0.39 is 11.6 Å². The average molecular weight is 327 g/mol. The highest BCUT2D eigenvalue weighted by molar-refractivity contribution is 9.10. The van der Waals surface area contributed by atoms with Crippen molar-refractivity contribution < 1.29 is 8.78 Å². The highest BCUT2D eigenvalue weighted by Crippen LogP contribution is 2.20. The molecule has 0 radical (unpaired) electrons. The van der Waals surface area contributed by atoms with Gasteiger partial charge < -0.3 is 5.32 Å². The summed E-state index contributed by atoms with van der Waals surface area (Å²) in [7, 11) is 1.78. The Bertz CT molecular complexity index is 558. The van der Waals surface area contributed by atoms with E-state index in [0.29, 0.717) is 12.0 Å². The fraction of sp³-hybridized carbons (Fsp3) is 0.214. The molecule has 1 aromatic heterocycles. The van der Waals surface area contributed by atoms with Crippen molar-refractivity contribution in [3.8, 4) is 0 Å². The first-order valence-electron chi connectivity index (χ1n) is 5.83. The first-order valence-corrected chi connectivity index (χ1v) is 6.62. The van der Waals surface area contributed by atoms with E-state index in [0.717, 1.165) is 16.2 Å². The van der Waals surface area contributed by atoms with E-state index in [1.165, 1.54) is 6.07 Å². The maximum absolute atomic E-state index is 13.2. The van der Waals surface area contributed by atoms with Crippen LogP contribution in [-0.4, -0.2) is 12.0 Å². The molecule has 2 rings (SSSR count). The van der Waals surface area contributed by atoms with E-state index in [9.17, 15) is 8.78 Å². The molecule has 19 heavy (non-hydrogen) atoms. The zero-order valence-corrected chi connectivity index (χ0v) is 11.9. The summed E-state index contributed by atoms with van der Waals surface area (Å²) < 4.78 is 27.1. The van der Waals surface area contributed by atoms with Crippen LogP contribution in [0.25, 0.3) is 0 Å². The number of hydrogen-bond acceptors (Lipinski definition) is 2. The molecule has 0 aliphatic heterocycles. The highest BCUT2D eigenvalue weighted by Gasteiger charge is 2.13. The monoisotopic (exact) mass is 326 g/mol. The third-order valence-electron chi connectivity index (χ3n) is 2.90. The Morgan fingerprint density at radius 2 is 2.00 bits per heavy atom. The van der Waals surface area contributed by atoms with Crippen molar-refractivity contribution in [2.45, 2.75) is 12.5 Å². The summed E-state index contributed by atoms with van der Waals surface area (Å²) in [4.78, 5) is 4.28. The Morgan fingerprint density at radius 1 is 1.21 bits per heavy atom. The topological polar surface area (TPSA) is 24.9 Å². The van der Waals surface area contributed by atoms with Crippen LogP contribution in [0.15, 0.2) is 41.0 Å². The van der Waals surface area contributed by atoms with Crippen LogP contribution in [0.3, 0.4) is 0 Å². The van der Waals surface area contributed by atoms with Crippen LogP contribution in [0, 0.1) is 11.6 Å². The quantitative estimate of drug-likeness (QED) is 0.928. The number of likely N-dealkylation sites (N-methyl/N-ethyl adjacent to an activating group) is 1. The van der Waals surface area contributed by atoms with Gasteiger partial charge in [0.1, 0.15) is 0 Å². The van der Waals surface area contributed by atoms with Gasteiger partial charge in [-0.15, -0.1) is 0 Å². The van der Waals surface area contributed by atoms with Gasteiger partial charge >= 0.3 is 0 Å². The molecule has 5 heteroatoms. The fourth-order valence-corrected chi connectivity index (χ4v) is 2.09. The second-order valence-electron chi connectivity index (χ2n) is 4.19. The zero-order valence-electron chi connectivity index (χ0n) is 10.3. The maximum atomic E-state index is 13.2. The second kappa shape index (κ2) is 6.21. The summed E-state index contributed by atoms with van der Waals surface area (Å²) in [6.07, 6.45) is 2.32. The predicted molar refractivity (Wildman–Crippen MR) is 73.8 cm³/mol. The fourth-order valence-electron chi connectivity index (χ4n) is 1.85. The van der Waals surface area contributed by atoms with Crippen molar-refractivity contribution in [2.75, 3.05) is 7.05 Å². The minimum Gasteiger partial charge on any atom is -0.313 e. The Balaban J connectivity index is 2.19. The van der Waals surface area contributed by atoms with Gasteiger partial charge in [0.15, 0.2) is 11.6 Å². The summed E-state index contributed by atoms with van der Waals surface area (Å²) in [5, 5.41) is 3.09. The third-order valence-corrected chi connectivity index (χ3v) is 3.37. The number of benzene rings is 1. The number of aromatic nitrogens is 1. The van der Waals surface area contributed by atoms with Crippen molar-refractivity contribution >= 4 is 15.9 Å². The molecule has 0 aliphatic rings. The van der Waals surface area contributed by atoms with Crippen molar-refractivity contribution in [1.29, 1.82) is 0 Å². The van der Waals surface area contributed by atoms with Gasteiger partial charge in [0.05, 0.1) is 0 Å². The average Bonchev–Trinajstić information content (AvgIpc) is 2.41. The standard InChI is InChI=1S/C14H13BrF2N2/c1-18-14(7-11-4-3-10(15)8-19-11)9-2-5-12(16)13(17)6-9/h2-6,8,14,18H,7H2,1H3. The predicted octanol–water partition coefficient (Wildman–Crippen LogP) is 3.63. The van der Waals surface area contributed by atoms with Crippen molar-refractivity contribution in [3.63, 3.8) is 0 Å². The summed E-state index contributed by atoms with van der Waals surface area (Å²) in [6, 6.07) is 7.63. The summed E-state index contributed by atoms with van der Waals surface area (Å²) >= 11 is 3.32. The Morgan fingerprint density at radius 3 is 2.58 bits per heavy atom. The van der Waals surface area contributed by atoms with E-state index in [1.807, 2.05) is 12.1 Å². The molecule has 1 N–H and O–H groups in total. The zero-order chi connectivity index (χ0) is 13.8. The molecule has 0 saturated heterocycles. The van der Waals surface area contributed by atoms with E-state index >= 15 is 0 Å². The molecule has 0 spiro atoms. The number of nitrogens with one attached hydrogen (secondary N) is 1. The van der Waals surface area contributed by atoms with E-state index in [2.05, 4.69) is 26.2 Å². The molecule has 0 fully saturated rings. The van der Waals surface area contributed by atoms with E-state index in [4.69, 9.17) is 0 Å². The Labute approximate surface area is 119 Å². The van der Waals surface area contributed by atoms with Gasteiger partial charge in [0, 0.05) is 28.8 Å². The molecule has 2 aromatic rings.